The molecule has 0 radical (unpaired) electrons. The maximum Gasteiger partial charge on any atom is 0.325 e. The number of phenolic OH excluding ortho intramolecular Hbond substituents is 3. The van der Waals surface area contributed by atoms with Crippen molar-refractivity contribution in [3.05, 3.63) is 141 Å². The van der Waals surface area contributed by atoms with Gasteiger partial charge in [-0.05, 0) is 202 Å². The molecule has 2 saturated heterocycles. The molecule has 22 N–H and O–H groups in total. The van der Waals surface area contributed by atoms with Crippen molar-refractivity contribution in [3.8, 4) is 62.9 Å². The maximum atomic E-state index is 16.7. The molecule has 0 spiro atoms. The number of imide groups is 1. The first-order chi connectivity index (χ1) is 61.2. The number of aromatic hydroxyl groups is 3. The number of benzene rings is 6. The van der Waals surface area contributed by atoms with E-state index in [4.69, 9.17) is 62.1 Å². The Morgan fingerprint density at radius 2 is 1.30 bits per heavy atom. The highest BCUT2D eigenvalue weighted by Crippen LogP contribution is 2.55. The maximum absolute atomic E-state index is 16.7. The molecule has 6 fully saturated rings. The molecule has 6 aromatic rings. The van der Waals surface area contributed by atoms with Gasteiger partial charge in [0.25, 0.3) is 0 Å². The number of amides is 10. The summed E-state index contributed by atoms with van der Waals surface area (Å²) < 4.78 is 70.2. The van der Waals surface area contributed by atoms with Crippen LogP contribution in [-0.4, -0.2) is 226 Å². The average molecular weight is 1850 g/mol. The van der Waals surface area contributed by atoms with Gasteiger partial charge in [0.2, 0.25) is 69.3 Å². The lowest BCUT2D eigenvalue weighted by Crippen LogP contribution is -2.64. The Bertz CT molecular complexity index is 5380. The molecule has 18 atom stereocenters. The third-order valence-corrected chi connectivity index (χ3v) is 25.9. The van der Waals surface area contributed by atoms with Gasteiger partial charge in [0.05, 0.1) is 54.2 Å². The number of nitrogens with two attached hydrogens (primary N) is 1. The van der Waals surface area contributed by atoms with Crippen LogP contribution < -0.4 is 82.6 Å². The SMILES string of the molecule is CN[C@H](CC(C)C)C(=O)NC1C(=O)NC(CC(=O)NC(=O)Nc2ccc(OCCCNS(C)(=O)=O)cc2)C(=O)NC2C(=O)N[C@H]3C(=O)N[C@H](C(=O)N[C@@H](C(=O)NC4C5CC6CC(C5)CC4C6)c4cc(O)cc(O)c4-c4cc3ccc4O)[C@H](O)c3ccc(c(Cl)c3)Oc3cc2cc(c3O[C@H]2O[C@H](CO)[C@@H](O)[C@H](O)[C@H]2OC2C[C@](C)(N)[C@H](O)[C@H](C)O2)Oc2ccc(cc2Cl)[C@H]1O. The zero-order chi connectivity index (χ0) is 92.7. The number of hydrogen-bond acceptors (Lipinski definition) is 29. The van der Waals surface area contributed by atoms with Crippen LogP contribution in [0.5, 0.6) is 51.7 Å². The van der Waals surface area contributed by atoms with Gasteiger partial charge >= 0.3 is 6.03 Å². The Hall–Kier alpha value is -10.8. The summed E-state index contributed by atoms with van der Waals surface area (Å²) in [6.07, 6.45) is -13.6. The molecule has 15 bridgehead atoms. The summed E-state index contributed by atoms with van der Waals surface area (Å²) in [6, 6.07) is 3.83. The summed E-state index contributed by atoms with van der Waals surface area (Å²) in [7, 11) is -2.01. The summed E-state index contributed by atoms with van der Waals surface area (Å²) in [5.41, 5.74) is 2.83. The Balaban J connectivity index is 0.937. The van der Waals surface area contributed by atoms with Crippen molar-refractivity contribution in [3.63, 3.8) is 0 Å². The van der Waals surface area contributed by atoms with Crippen molar-refractivity contribution in [1.29, 1.82) is 0 Å². The van der Waals surface area contributed by atoms with Gasteiger partial charge in [0.1, 0.15) is 101 Å². The highest BCUT2D eigenvalue weighted by atomic mass is 35.5. The molecular weight excluding hydrogens is 1750 g/mol. The second-order valence-electron chi connectivity index (χ2n) is 34.8. The zero-order valence-corrected chi connectivity index (χ0v) is 73.0. The van der Waals surface area contributed by atoms with Crippen LogP contribution in [-0.2, 0) is 62.6 Å². The molecule has 0 aromatic heterocycles. The van der Waals surface area contributed by atoms with E-state index in [0.717, 1.165) is 99.0 Å². The number of nitrogens with one attached hydrogen (secondary N) is 11. The van der Waals surface area contributed by atoms with E-state index in [1.807, 2.05) is 0 Å². The molecule has 42 heteroatoms. The lowest BCUT2D eigenvalue weighted by atomic mass is 9.54. The Morgan fingerprint density at radius 3 is 1.91 bits per heavy atom. The highest BCUT2D eigenvalue weighted by Gasteiger charge is 2.53. The van der Waals surface area contributed by atoms with E-state index in [1.165, 1.54) is 63.4 Å². The number of rotatable bonds is 21. The van der Waals surface area contributed by atoms with E-state index < -0.39 is 253 Å². The Morgan fingerprint density at radius 1 is 0.682 bits per heavy atom. The number of aliphatic hydroxyl groups is 6. The summed E-state index contributed by atoms with van der Waals surface area (Å²) in [4.78, 5) is 139. The summed E-state index contributed by atoms with van der Waals surface area (Å²) in [6.45, 7) is 5.76. The topological polar surface area (TPSA) is 593 Å². The number of likely N-dealkylation sites (N-methyl/N-ethyl adjacent to an activating group) is 1. The van der Waals surface area contributed by atoms with E-state index in [-0.39, 0.29) is 89.4 Å². The van der Waals surface area contributed by atoms with Crippen LogP contribution in [0.15, 0.2) is 103 Å². The van der Waals surface area contributed by atoms with Gasteiger partial charge in [-0.3, -0.25) is 43.7 Å². The van der Waals surface area contributed by atoms with Crippen LogP contribution in [0.3, 0.4) is 0 Å². The molecule has 6 aromatic carbocycles. The number of ether oxygens (including phenoxy) is 7. The van der Waals surface area contributed by atoms with Crippen LogP contribution in [0.4, 0.5) is 10.5 Å². The first kappa shape index (κ1) is 94.3. The minimum absolute atomic E-state index is 0.0424. The third kappa shape index (κ3) is 21.3. The van der Waals surface area contributed by atoms with Gasteiger partial charge in [0, 0.05) is 47.4 Å². The number of phenols is 3. The van der Waals surface area contributed by atoms with Gasteiger partial charge in [-0.2, -0.15) is 0 Å². The first-order valence-electron chi connectivity index (χ1n) is 42.2. The molecular formula is C87H104Cl2N12O27S. The van der Waals surface area contributed by atoms with E-state index in [1.54, 1.807) is 13.8 Å². The number of urea groups is 1. The fourth-order valence-electron chi connectivity index (χ4n) is 18.4. The van der Waals surface area contributed by atoms with Crippen molar-refractivity contribution < 1.29 is 131 Å². The number of fused-ring (bicyclic) bond motifs is 15. The highest BCUT2D eigenvalue weighted by molar-refractivity contribution is 7.88. The Kier molecular flexibility index (Phi) is 28.6. The number of hydrogen-bond donors (Lipinski definition) is 21. The Labute approximate surface area is 749 Å². The fraction of sp³-hybridized carbons (Fsp3) is 0.483. The van der Waals surface area contributed by atoms with E-state index in [9.17, 15) is 68.8 Å². The van der Waals surface area contributed by atoms with Crippen molar-refractivity contribution in [2.75, 3.05) is 38.4 Å². The van der Waals surface area contributed by atoms with E-state index >= 15 is 28.8 Å². The fourth-order valence-corrected chi connectivity index (χ4v) is 19.4. The van der Waals surface area contributed by atoms with E-state index in [2.05, 4.69) is 57.9 Å². The van der Waals surface area contributed by atoms with Crippen LogP contribution in [0, 0.1) is 29.6 Å². The summed E-state index contributed by atoms with van der Waals surface area (Å²) >= 11 is 14.5. The van der Waals surface area contributed by atoms with Gasteiger partial charge in [-0.15, -0.1) is 0 Å². The molecule has 129 heavy (non-hydrogen) atoms. The van der Waals surface area contributed by atoms with Crippen LogP contribution >= 0.6 is 23.2 Å². The molecule has 17 rings (SSSR count). The largest absolute Gasteiger partial charge is 0.508 e. The van der Waals surface area contributed by atoms with Crippen molar-refractivity contribution >= 4 is 92.2 Å². The van der Waals surface area contributed by atoms with Crippen molar-refractivity contribution in [2.45, 2.75) is 201 Å². The van der Waals surface area contributed by atoms with Crippen LogP contribution in [0.25, 0.3) is 11.1 Å². The number of aliphatic hydroxyl groups excluding tert-OH is 6. The number of sulfonamides is 1. The molecule has 4 aliphatic carbocycles. The molecule has 7 aliphatic heterocycles. The quantitative estimate of drug-likeness (QED) is 0.0460. The second kappa shape index (κ2) is 39.1. The normalized spacial score (nSPS) is 29.9. The van der Waals surface area contributed by atoms with Crippen molar-refractivity contribution in [1.82, 2.24) is 52.6 Å². The lowest BCUT2D eigenvalue weighted by Gasteiger charge is -2.54. The predicted molar refractivity (Wildman–Crippen MR) is 458 cm³/mol. The number of halogens is 2. The molecule has 7 heterocycles. The molecule has 10 amide bonds. The minimum atomic E-state index is -3.47. The van der Waals surface area contributed by atoms with Crippen LogP contribution in [0.2, 0.25) is 10.0 Å². The van der Waals surface area contributed by atoms with Gasteiger partial charge in [-0.25, -0.2) is 17.9 Å². The number of carbonyl (C=O) groups is 9. The zero-order valence-electron chi connectivity index (χ0n) is 70.7. The van der Waals surface area contributed by atoms with Gasteiger partial charge in [-0.1, -0.05) is 55.2 Å². The summed E-state index contributed by atoms with van der Waals surface area (Å²) in [5, 5.41) is 132. The molecule has 4 saturated carbocycles. The number of anilines is 1. The standard InChI is InChI=1S/C87H104Cl2N12O27S/c1-36(2)20-53(91-5)78(112)100-69-71(107)41-9-16-57(51(88)27-41)124-59-29-45-30-60(75(59)128-85-76(74(110)73(109)61(35-102)126-85)127-63-34-87(4,90)77(111)37(3)123-63)125-58-17-10-42(28-52(58)89)72(108)70-84(118)99-68(82(116)96-65-43-22-38-21-39(24-43)25-44(65)23-38)50-31-47(103)32-56(105)64(50)49-26-40(8-15-55(49)104)66(80(114)101-70)98-81(115)67(45)97-79(113)54(94-83(69)117)33-62(106)95-86(119)93-46-11-13-48(14-12-46)122-19-7-18-92-129(6,120)121/h8-17,26-32,36-39,43-44,53-54,61,63,65-74,76-77,85,91-92,102-105,107-111H,7,18-25,33-35,90H2,1-6H3,(H,94,117)(H,96,116)(H,97,113)(H,98,115)(H,99,118)(H,100,112)(H,101,114)(H2,93,95,106,119)/t37-,38?,39?,43?,44?,53+,54?,61+,63?,65?,66+,67?,68+,69?,70-,71+,72+,73+,74-,76+,77+,85+,87-/m0/s1. The molecule has 694 valence electrons. The molecule has 4 unspecified atom stereocenters. The number of carbonyl (C=O) groups excluding carboxylic acids is 9. The molecule has 39 nitrogen and oxygen atoms in total. The van der Waals surface area contributed by atoms with Gasteiger partial charge in [0.15, 0.2) is 23.9 Å². The molecule has 11 aliphatic rings. The predicted octanol–water partition coefficient (Wildman–Crippen LogP) is 3.14. The van der Waals surface area contributed by atoms with Gasteiger partial charge < -0.3 is 133 Å². The minimum Gasteiger partial charge on any atom is -0.508 e. The third-order valence-electron chi connectivity index (χ3n) is 24.6. The lowest BCUT2D eigenvalue weighted by molar-refractivity contribution is -0.333. The smallest absolute Gasteiger partial charge is 0.325 e. The van der Waals surface area contributed by atoms with Crippen molar-refractivity contribution in [2.24, 2.45) is 35.3 Å². The van der Waals surface area contributed by atoms with Crippen LogP contribution in [0.1, 0.15) is 144 Å². The summed E-state index contributed by atoms with van der Waals surface area (Å²) in [5.74, 6) is -13.9. The monoisotopic (exact) mass is 1850 g/mol. The second-order valence-corrected chi connectivity index (χ2v) is 37.4. The first-order valence-corrected chi connectivity index (χ1v) is 44.9. The average Bonchev–Trinajstić information content (AvgIpc) is 0.760. The van der Waals surface area contributed by atoms with E-state index in [0.29, 0.717) is 17.6 Å².